The van der Waals surface area contributed by atoms with E-state index in [1.807, 2.05) is 12.1 Å². The average molecular weight is 344 g/mol. The predicted octanol–water partition coefficient (Wildman–Crippen LogP) is 4.83. The molecular formula is C17H14BrNO2. The number of fused-ring (bicyclic) bond motifs is 1. The lowest BCUT2D eigenvalue weighted by atomic mass is 10.0. The maximum Gasteiger partial charge on any atom is 0.169 e. The first-order valence-electron chi connectivity index (χ1n) is 6.67. The van der Waals surface area contributed by atoms with E-state index in [4.69, 9.17) is 14.7 Å². The van der Waals surface area contributed by atoms with Gasteiger partial charge < -0.3 is 9.47 Å². The SMILES string of the molecule is CC1(C)Cc2cccc(Oc3ccc(C#N)c(Br)c3)c2O1. The number of halogens is 1. The molecule has 21 heavy (non-hydrogen) atoms. The molecule has 1 aliphatic rings. The number of ether oxygens (including phenoxy) is 2. The lowest BCUT2D eigenvalue weighted by Gasteiger charge is -2.18. The summed E-state index contributed by atoms with van der Waals surface area (Å²) in [6.07, 6.45) is 0.872. The number of benzene rings is 2. The summed E-state index contributed by atoms with van der Waals surface area (Å²) in [5.74, 6) is 2.18. The molecule has 0 bridgehead atoms. The molecule has 0 unspecified atom stereocenters. The second kappa shape index (κ2) is 5.09. The van der Waals surface area contributed by atoms with Crippen LogP contribution in [0, 0.1) is 11.3 Å². The summed E-state index contributed by atoms with van der Waals surface area (Å²) in [5, 5.41) is 8.94. The fourth-order valence-corrected chi connectivity index (χ4v) is 2.89. The van der Waals surface area contributed by atoms with Crippen LogP contribution in [0.2, 0.25) is 0 Å². The fraction of sp³-hybridized carbons (Fsp3) is 0.235. The average Bonchev–Trinajstić information content (AvgIpc) is 2.74. The molecule has 0 saturated heterocycles. The van der Waals surface area contributed by atoms with Gasteiger partial charge in [-0.3, -0.25) is 0 Å². The first kappa shape index (κ1) is 14.0. The monoisotopic (exact) mass is 343 g/mol. The summed E-state index contributed by atoms with van der Waals surface area (Å²) in [4.78, 5) is 0. The first-order chi connectivity index (χ1) is 9.98. The van der Waals surface area contributed by atoms with Crippen LogP contribution >= 0.6 is 15.9 Å². The maximum atomic E-state index is 8.94. The molecule has 0 N–H and O–H groups in total. The van der Waals surface area contributed by atoms with Crippen molar-refractivity contribution in [2.24, 2.45) is 0 Å². The number of para-hydroxylation sites is 1. The van der Waals surface area contributed by atoms with Crippen LogP contribution in [-0.2, 0) is 6.42 Å². The molecule has 0 aromatic heterocycles. The Balaban J connectivity index is 1.93. The number of hydrogen-bond donors (Lipinski definition) is 0. The molecule has 0 aliphatic carbocycles. The highest BCUT2D eigenvalue weighted by Crippen LogP contribution is 2.43. The molecule has 0 atom stereocenters. The van der Waals surface area contributed by atoms with Crippen LogP contribution in [0.4, 0.5) is 0 Å². The quantitative estimate of drug-likeness (QED) is 0.784. The zero-order valence-electron chi connectivity index (χ0n) is 11.8. The summed E-state index contributed by atoms with van der Waals surface area (Å²) in [5.41, 5.74) is 1.54. The number of nitrogens with zero attached hydrogens (tertiary/aromatic N) is 1. The summed E-state index contributed by atoms with van der Waals surface area (Å²) < 4.78 is 12.6. The van der Waals surface area contributed by atoms with Gasteiger partial charge in [0.2, 0.25) is 0 Å². The summed E-state index contributed by atoms with van der Waals surface area (Å²) in [6.45, 7) is 4.13. The van der Waals surface area contributed by atoms with Crippen LogP contribution in [0.25, 0.3) is 0 Å². The Morgan fingerprint density at radius 3 is 2.81 bits per heavy atom. The third-order valence-corrected chi connectivity index (χ3v) is 4.00. The van der Waals surface area contributed by atoms with Gasteiger partial charge in [-0.1, -0.05) is 12.1 Å². The molecule has 0 radical (unpaired) electrons. The summed E-state index contributed by atoms with van der Waals surface area (Å²) in [6, 6.07) is 13.3. The van der Waals surface area contributed by atoms with Gasteiger partial charge in [0.15, 0.2) is 11.5 Å². The van der Waals surface area contributed by atoms with Gasteiger partial charge in [-0.05, 0) is 54.0 Å². The minimum Gasteiger partial charge on any atom is -0.483 e. The molecule has 1 aliphatic heterocycles. The highest BCUT2D eigenvalue weighted by atomic mass is 79.9. The molecule has 3 nitrogen and oxygen atoms in total. The molecule has 2 aromatic carbocycles. The molecule has 4 heteroatoms. The van der Waals surface area contributed by atoms with Crippen molar-refractivity contribution in [3.8, 4) is 23.3 Å². The normalized spacial score (nSPS) is 15.0. The van der Waals surface area contributed by atoms with E-state index >= 15 is 0 Å². The molecule has 0 fully saturated rings. The largest absolute Gasteiger partial charge is 0.483 e. The van der Waals surface area contributed by atoms with E-state index < -0.39 is 0 Å². The van der Waals surface area contributed by atoms with E-state index in [9.17, 15) is 0 Å². The standard InChI is InChI=1S/C17H14BrNO2/c1-17(2)9-11-4-3-5-15(16(11)21-17)20-13-7-6-12(10-19)14(18)8-13/h3-8H,9H2,1-2H3. The van der Waals surface area contributed by atoms with Gasteiger partial charge in [0.25, 0.3) is 0 Å². The van der Waals surface area contributed by atoms with Gasteiger partial charge in [-0.15, -0.1) is 0 Å². The smallest absolute Gasteiger partial charge is 0.169 e. The third kappa shape index (κ3) is 2.74. The van der Waals surface area contributed by atoms with Crippen molar-refractivity contribution in [1.82, 2.24) is 0 Å². The van der Waals surface area contributed by atoms with Gasteiger partial charge in [-0.25, -0.2) is 0 Å². The van der Waals surface area contributed by atoms with Crippen LogP contribution in [0.3, 0.4) is 0 Å². The van der Waals surface area contributed by atoms with Gasteiger partial charge in [-0.2, -0.15) is 5.26 Å². The minimum atomic E-state index is -0.201. The third-order valence-electron chi connectivity index (χ3n) is 3.34. The second-order valence-corrected chi connectivity index (χ2v) is 6.49. The van der Waals surface area contributed by atoms with Crippen molar-refractivity contribution in [2.45, 2.75) is 25.9 Å². The zero-order valence-corrected chi connectivity index (χ0v) is 13.4. The van der Waals surface area contributed by atoms with Gasteiger partial charge in [0, 0.05) is 16.5 Å². The van der Waals surface area contributed by atoms with E-state index in [2.05, 4.69) is 41.9 Å². The minimum absolute atomic E-state index is 0.201. The van der Waals surface area contributed by atoms with E-state index in [1.54, 1.807) is 18.2 Å². The van der Waals surface area contributed by atoms with Crippen molar-refractivity contribution < 1.29 is 9.47 Å². The lowest BCUT2D eigenvalue weighted by Crippen LogP contribution is -2.24. The van der Waals surface area contributed by atoms with Crippen molar-refractivity contribution >= 4 is 15.9 Å². The van der Waals surface area contributed by atoms with Crippen molar-refractivity contribution in [3.05, 3.63) is 52.0 Å². The lowest BCUT2D eigenvalue weighted by molar-refractivity contribution is 0.135. The Morgan fingerprint density at radius 2 is 2.10 bits per heavy atom. The van der Waals surface area contributed by atoms with Gasteiger partial charge >= 0.3 is 0 Å². The molecule has 106 valence electrons. The number of hydrogen-bond acceptors (Lipinski definition) is 3. The Labute approximate surface area is 132 Å². The van der Waals surface area contributed by atoms with Crippen LogP contribution < -0.4 is 9.47 Å². The van der Waals surface area contributed by atoms with E-state index in [0.717, 1.165) is 22.2 Å². The molecule has 0 saturated carbocycles. The number of nitriles is 1. The molecule has 2 aromatic rings. The number of rotatable bonds is 2. The Hall–Kier alpha value is -1.99. The molecule has 0 amide bonds. The van der Waals surface area contributed by atoms with E-state index in [1.165, 1.54) is 0 Å². The highest BCUT2D eigenvalue weighted by Gasteiger charge is 2.32. The van der Waals surface area contributed by atoms with Crippen molar-refractivity contribution in [2.75, 3.05) is 0 Å². The Morgan fingerprint density at radius 1 is 1.29 bits per heavy atom. The second-order valence-electron chi connectivity index (χ2n) is 5.64. The van der Waals surface area contributed by atoms with Crippen molar-refractivity contribution in [3.63, 3.8) is 0 Å². The summed E-state index contributed by atoms with van der Waals surface area (Å²) >= 11 is 3.37. The topological polar surface area (TPSA) is 42.2 Å². The van der Waals surface area contributed by atoms with E-state index in [0.29, 0.717) is 17.1 Å². The molecule has 3 rings (SSSR count). The van der Waals surface area contributed by atoms with Gasteiger partial charge in [0.1, 0.15) is 17.4 Å². The Bertz CT molecular complexity index is 747. The highest BCUT2D eigenvalue weighted by molar-refractivity contribution is 9.10. The van der Waals surface area contributed by atoms with Crippen LogP contribution in [-0.4, -0.2) is 5.60 Å². The zero-order chi connectivity index (χ0) is 15.0. The van der Waals surface area contributed by atoms with Gasteiger partial charge in [0.05, 0.1) is 5.56 Å². The van der Waals surface area contributed by atoms with Crippen LogP contribution in [0.15, 0.2) is 40.9 Å². The molecule has 0 spiro atoms. The molecule has 1 heterocycles. The first-order valence-corrected chi connectivity index (χ1v) is 7.46. The molecular weight excluding hydrogens is 330 g/mol. The summed E-state index contributed by atoms with van der Waals surface area (Å²) in [7, 11) is 0. The van der Waals surface area contributed by atoms with Crippen molar-refractivity contribution in [1.29, 1.82) is 5.26 Å². The Kier molecular flexibility index (Phi) is 3.38. The predicted molar refractivity (Wildman–Crippen MR) is 83.8 cm³/mol. The van der Waals surface area contributed by atoms with E-state index in [-0.39, 0.29) is 5.60 Å². The fourth-order valence-electron chi connectivity index (χ4n) is 2.44. The van der Waals surface area contributed by atoms with Crippen LogP contribution in [0.1, 0.15) is 25.0 Å². The van der Waals surface area contributed by atoms with Crippen LogP contribution in [0.5, 0.6) is 17.2 Å². The maximum absolute atomic E-state index is 8.94.